The Balaban J connectivity index is 2.08. The van der Waals surface area contributed by atoms with E-state index in [0.717, 1.165) is 27.3 Å². The van der Waals surface area contributed by atoms with E-state index in [-0.39, 0.29) is 0 Å². The van der Waals surface area contributed by atoms with Gasteiger partial charge in [0.25, 0.3) is 0 Å². The van der Waals surface area contributed by atoms with Crippen molar-refractivity contribution in [3.63, 3.8) is 0 Å². The lowest BCUT2D eigenvalue weighted by Crippen LogP contribution is -2.02. The van der Waals surface area contributed by atoms with E-state index in [1.165, 1.54) is 13.0 Å². The highest BCUT2D eigenvalue weighted by Crippen LogP contribution is 2.35. The molecule has 25 heavy (non-hydrogen) atoms. The maximum absolute atomic E-state index is 12.1. The summed E-state index contributed by atoms with van der Waals surface area (Å²) in [5.74, 6) is 0.0479. The Hall–Kier alpha value is -3.40. The van der Waals surface area contributed by atoms with E-state index in [2.05, 4.69) is 0 Å². The van der Waals surface area contributed by atoms with Crippen LogP contribution < -0.4 is 10.4 Å². The first-order valence-corrected chi connectivity index (χ1v) is 7.87. The minimum atomic E-state index is -0.420. The van der Waals surface area contributed by atoms with Crippen LogP contribution in [0.1, 0.15) is 6.92 Å². The van der Waals surface area contributed by atoms with Crippen molar-refractivity contribution in [2.45, 2.75) is 6.92 Å². The summed E-state index contributed by atoms with van der Waals surface area (Å²) in [6, 6.07) is 20.3. The molecule has 0 unspecified atom stereocenters. The molecule has 1 heterocycles. The Morgan fingerprint density at radius 1 is 0.880 bits per heavy atom. The summed E-state index contributed by atoms with van der Waals surface area (Å²) >= 11 is 0. The van der Waals surface area contributed by atoms with Crippen molar-refractivity contribution in [2.24, 2.45) is 0 Å². The van der Waals surface area contributed by atoms with Gasteiger partial charge in [-0.25, -0.2) is 4.79 Å². The van der Waals surface area contributed by atoms with Crippen LogP contribution in [0.2, 0.25) is 0 Å². The van der Waals surface area contributed by atoms with Crippen LogP contribution in [-0.2, 0) is 4.79 Å². The summed E-state index contributed by atoms with van der Waals surface area (Å²) in [5.41, 5.74) is 1.82. The smallest absolute Gasteiger partial charge is 0.336 e. The molecule has 4 aromatic rings. The van der Waals surface area contributed by atoms with Gasteiger partial charge < -0.3 is 9.15 Å². The third-order valence-electron chi connectivity index (χ3n) is 4.07. The average Bonchev–Trinajstić information content (AvgIpc) is 2.61. The Kier molecular flexibility index (Phi) is 3.58. The maximum atomic E-state index is 12.1. The predicted octanol–water partition coefficient (Wildman–Crippen LogP) is 4.54. The molecular weight excluding hydrogens is 316 g/mol. The average molecular weight is 330 g/mol. The molecule has 0 amide bonds. The van der Waals surface area contributed by atoms with Crippen LogP contribution in [0.3, 0.4) is 0 Å². The predicted molar refractivity (Wildman–Crippen MR) is 96.7 cm³/mol. The molecule has 0 atom stereocenters. The van der Waals surface area contributed by atoms with Gasteiger partial charge in [0.15, 0.2) is 0 Å². The van der Waals surface area contributed by atoms with E-state index < -0.39 is 11.6 Å². The number of hydrogen-bond acceptors (Lipinski definition) is 4. The zero-order valence-corrected chi connectivity index (χ0v) is 13.5. The van der Waals surface area contributed by atoms with Crippen molar-refractivity contribution in [3.8, 4) is 16.9 Å². The molecule has 0 aliphatic rings. The summed E-state index contributed by atoms with van der Waals surface area (Å²) < 4.78 is 10.8. The van der Waals surface area contributed by atoms with Crippen LogP contribution in [0.5, 0.6) is 5.75 Å². The number of ether oxygens (including phenoxy) is 1. The molecule has 0 N–H and O–H groups in total. The second-order valence-electron chi connectivity index (χ2n) is 5.73. The molecule has 122 valence electrons. The first kappa shape index (κ1) is 15.1. The topological polar surface area (TPSA) is 56.5 Å². The first-order valence-electron chi connectivity index (χ1n) is 7.87. The van der Waals surface area contributed by atoms with Crippen molar-refractivity contribution in [1.82, 2.24) is 0 Å². The quantitative estimate of drug-likeness (QED) is 0.234. The van der Waals surface area contributed by atoms with Gasteiger partial charge in [-0.15, -0.1) is 0 Å². The van der Waals surface area contributed by atoms with Gasteiger partial charge in [0.1, 0.15) is 11.3 Å². The molecule has 0 spiro atoms. The monoisotopic (exact) mass is 330 g/mol. The van der Waals surface area contributed by atoms with Crippen LogP contribution >= 0.6 is 0 Å². The fourth-order valence-corrected chi connectivity index (χ4v) is 3.05. The summed E-state index contributed by atoms with van der Waals surface area (Å²) in [6.45, 7) is 1.35. The van der Waals surface area contributed by atoms with E-state index in [1.54, 1.807) is 12.1 Å². The number of benzene rings is 3. The van der Waals surface area contributed by atoms with Gasteiger partial charge in [0.2, 0.25) is 0 Å². The minimum Gasteiger partial charge on any atom is -0.426 e. The van der Waals surface area contributed by atoms with Gasteiger partial charge >= 0.3 is 11.6 Å². The number of hydrogen-bond donors (Lipinski definition) is 0. The molecule has 4 heteroatoms. The molecule has 0 fully saturated rings. The lowest BCUT2D eigenvalue weighted by atomic mass is 9.99. The van der Waals surface area contributed by atoms with Crippen LogP contribution in [0.4, 0.5) is 0 Å². The lowest BCUT2D eigenvalue weighted by molar-refractivity contribution is -0.131. The lowest BCUT2D eigenvalue weighted by Gasteiger charge is -2.10. The van der Waals surface area contributed by atoms with Crippen molar-refractivity contribution in [2.75, 3.05) is 0 Å². The Morgan fingerprint density at radius 2 is 1.64 bits per heavy atom. The highest BCUT2D eigenvalue weighted by Gasteiger charge is 2.13. The van der Waals surface area contributed by atoms with Crippen LogP contribution in [0, 0.1) is 0 Å². The van der Waals surface area contributed by atoms with Gasteiger partial charge in [-0.3, -0.25) is 4.79 Å². The molecule has 0 aliphatic heterocycles. The fourth-order valence-electron chi connectivity index (χ4n) is 3.05. The fraction of sp³-hybridized carbons (Fsp3) is 0.0476. The normalized spacial score (nSPS) is 10.9. The number of carbonyl (C=O) groups is 1. The summed E-state index contributed by atoms with van der Waals surface area (Å²) in [5, 5.41) is 2.28. The third kappa shape index (κ3) is 2.68. The molecule has 3 aromatic carbocycles. The highest BCUT2D eigenvalue weighted by atomic mass is 16.5. The van der Waals surface area contributed by atoms with Crippen LogP contribution in [-0.4, -0.2) is 5.97 Å². The summed E-state index contributed by atoms with van der Waals surface area (Å²) in [7, 11) is 0. The number of rotatable bonds is 2. The molecule has 0 saturated carbocycles. The summed E-state index contributed by atoms with van der Waals surface area (Å²) in [6.07, 6.45) is 0. The Bertz CT molecular complexity index is 1160. The minimum absolute atomic E-state index is 0.396. The van der Waals surface area contributed by atoms with E-state index >= 15 is 0 Å². The molecule has 0 saturated heterocycles. The zero-order chi connectivity index (χ0) is 17.4. The van der Waals surface area contributed by atoms with E-state index in [1.807, 2.05) is 48.5 Å². The number of esters is 1. The second-order valence-corrected chi connectivity index (χ2v) is 5.73. The maximum Gasteiger partial charge on any atom is 0.336 e. The van der Waals surface area contributed by atoms with Gasteiger partial charge in [0, 0.05) is 29.1 Å². The van der Waals surface area contributed by atoms with Crippen molar-refractivity contribution in [3.05, 3.63) is 77.2 Å². The first-order chi connectivity index (χ1) is 12.1. The van der Waals surface area contributed by atoms with E-state index in [9.17, 15) is 9.59 Å². The SMILES string of the molecule is CC(=O)Oc1cccc2c1ccc1c(-c3ccccc3)cc(=O)oc12. The van der Waals surface area contributed by atoms with Crippen molar-refractivity contribution >= 4 is 27.7 Å². The van der Waals surface area contributed by atoms with E-state index in [4.69, 9.17) is 9.15 Å². The van der Waals surface area contributed by atoms with E-state index in [0.29, 0.717) is 11.3 Å². The molecule has 0 radical (unpaired) electrons. The number of carbonyl (C=O) groups excluding carboxylic acids is 1. The molecular formula is C21H14O4. The molecule has 1 aromatic heterocycles. The Labute approximate surface area is 143 Å². The second kappa shape index (κ2) is 5.91. The molecule has 4 rings (SSSR count). The molecule has 4 nitrogen and oxygen atoms in total. The summed E-state index contributed by atoms with van der Waals surface area (Å²) in [4.78, 5) is 23.4. The zero-order valence-electron chi connectivity index (χ0n) is 13.5. The number of fused-ring (bicyclic) bond motifs is 3. The van der Waals surface area contributed by atoms with Crippen LogP contribution in [0.15, 0.2) is 75.9 Å². The molecule has 0 bridgehead atoms. The van der Waals surface area contributed by atoms with Crippen molar-refractivity contribution in [1.29, 1.82) is 0 Å². The van der Waals surface area contributed by atoms with Gasteiger partial charge in [-0.1, -0.05) is 42.5 Å². The largest absolute Gasteiger partial charge is 0.426 e. The van der Waals surface area contributed by atoms with Crippen molar-refractivity contribution < 1.29 is 13.9 Å². The van der Waals surface area contributed by atoms with Gasteiger partial charge in [-0.2, -0.15) is 0 Å². The standard InChI is InChI=1S/C21H14O4/c1-13(22)24-19-9-5-8-16-15(19)10-11-17-18(12-20(23)25-21(16)17)14-6-3-2-4-7-14/h2-12H,1H3. The van der Waals surface area contributed by atoms with Gasteiger partial charge in [0.05, 0.1) is 0 Å². The highest BCUT2D eigenvalue weighted by molar-refractivity contribution is 6.10. The van der Waals surface area contributed by atoms with Crippen LogP contribution in [0.25, 0.3) is 32.9 Å². The Morgan fingerprint density at radius 3 is 2.40 bits per heavy atom. The van der Waals surface area contributed by atoms with Gasteiger partial charge in [-0.05, 0) is 29.3 Å². The third-order valence-corrected chi connectivity index (χ3v) is 4.07. The molecule has 0 aliphatic carbocycles.